The molecule has 1 aromatic carbocycles. The van der Waals surface area contributed by atoms with Crippen LogP contribution < -0.4 is 5.32 Å². The van der Waals surface area contributed by atoms with Crippen LogP contribution in [-0.2, 0) is 33.8 Å². The summed E-state index contributed by atoms with van der Waals surface area (Å²) >= 11 is 1.25. The molecule has 0 aliphatic carbocycles. The maximum absolute atomic E-state index is 12.8. The lowest BCUT2D eigenvalue weighted by Crippen LogP contribution is -2.49. The van der Waals surface area contributed by atoms with E-state index in [-0.39, 0.29) is 30.7 Å². The number of carboxylic acid groups (broad SMARTS) is 1. The van der Waals surface area contributed by atoms with Gasteiger partial charge in [0.05, 0.1) is 12.1 Å². The fraction of sp³-hybridized carbons (Fsp3) is 0.368. The number of hydrogen-bond donors (Lipinski definition) is 2. The highest BCUT2D eigenvalue weighted by Crippen LogP contribution is 2.25. The fourth-order valence-electron chi connectivity index (χ4n) is 2.96. The monoisotopic (exact) mass is 387 g/mol. The SMILES string of the molecule is CC(C)C(=O)Nc1nc(CC(=O)N2Cc3ccccc3CC2C(=O)O)cs1. The fourth-order valence-corrected chi connectivity index (χ4v) is 3.67. The van der Waals surface area contributed by atoms with Crippen molar-refractivity contribution >= 4 is 34.3 Å². The number of rotatable bonds is 5. The van der Waals surface area contributed by atoms with E-state index in [0.717, 1.165) is 11.1 Å². The first kappa shape index (κ1) is 19.0. The molecule has 0 fully saturated rings. The number of benzene rings is 1. The molecule has 3 rings (SSSR count). The van der Waals surface area contributed by atoms with E-state index in [9.17, 15) is 19.5 Å². The third-order valence-corrected chi connectivity index (χ3v) is 5.30. The van der Waals surface area contributed by atoms with Crippen LogP contribution in [0.4, 0.5) is 5.13 Å². The molecule has 0 saturated heterocycles. The van der Waals surface area contributed by atoms with Crippen LogP contribution in [0.3, 0.4) is 0 Å². The van der Waals surface area contributed by atoms with Crippen LogP contribution in [0.5, 0.6) is 0 Å². The summed E-state index contributed by atoms with van der Waals surface area (Å²) in [4.78, 5) is 41.9. The minimum Gasteiger partial charge on any atom is -0.480 e. The van der Waals surface area contributed by atoms with Crippen LogP contribution in [0, 0.1) is 5.92 Å². The largest absolute Gasteiger partial charge is 0.480 e. The smallest absolute Gasteiger partial charge is 0.326 e. The molecule has 2 aromatic rings. The number of fused-ring (bicyclic) bond motifs is 1. The molecule has 1 aromatic heterocycles. The van der Waals surface area contributed by atoms with E-state index in [2.05, 4.69) is 10.3 Å². The lowest BCUT2D eigenvalue weighted by Gasteiger charge is -2.34. The normalized spacial score (nSPS) is 16.1. The lowest BCUT2D eigenvalue weighted by molar-refractivity contribution is -0.151. The number of carboxylic acids is 1. The summed E-state index contributed by atoms with van der Waals surface area (Å²) < 4.78 is 0. The van der Waals surface area contributed by atoms with E-state index in [4.69, 9.17) is 0 Å². The van der Waals surface area contributed by atoms with Crippen molar-refractivity contribution in [3.05, 3.63) is 46.5 Å². The van der Waals surface area contributed by atoms with Gasteiger partial charge in [0.15, 0.2) is 5.13 Å². The Kier molecular flexibility index (Phi) is 5.55. The van der Waals surface area contributed by atoms with Crippen molar-refractivity contribution in [1.82, 2.24) is 9.88 Å². The van der Waals surface area contributed by atoms with Crippen molar-refractivity contribution < 1.29 is 19.5 Å². The van der Waals surface area contributed by atoms with Gasteiger partial charge in [-0.1, -0.05) is 38.1 Å². The maximum atomic E-state index is 12.8. The first-order valence-electron chi connectivity index (χ1n) is 8.69. The Morgan fingerprint density at radius 2 is 2.00 bits per heavy atom. The van der Waals surface area contributed by atoms with Gasteiger partial charge in [-0.3, -0.25) is 9.59 Å². The number of nitrogens with zero attached hydrogens (tertiary/aromatic N) is 2. The van der Waals surface area contributed by atoms with Crippen LogP contribution in [0.2, 0.25) is 0 Å². The quantitative estimate of drug-likeness (QED) is 0.820. The third kappa shape index (κ3) is 4.33. The summed E-state index contributed by atoms with van der Waals surface area (Å²) in [7, 11) is 0. The molecule has 142 valence electrons. The summed E-state index contributed by atoms with van der Waals surface area (Å²) in [5.74, 6) is -1.60. The van der Waals surface area contributed by atoms with Gasteiger partial charge in [-0.05, 0) is 11.1 Å². The zero-order chi connectivity index (χ0) is 19.6. The van der Waals surface area contributed by atoms with Crippen LogP contribution in [0.15, 0.2) is 29.6 Å². The van der Waals surface area contributed by atoms with Crippen molar-refractivity contribution in [2.45, 2.75) is 39.3 Å². The number of hydrogen-bond acceptors (Lipinski definition) is 5. The molecule has 0 spiro atoms. The minimum atomic E-state index is -1.01. The zero-order valence-corrected chi connectivity index (χ0v) is 16.0. The van der Waals surface area contributed by atoms with E-state index in [1.54, 1.807) is 19.2 Å². The molecule has 0 saturated carbocycles. The molecule has 1 atom stereocenters. The minimum absolute atomic E-state index is 0.00000402. The van der Waals surface area contributed by atoms with Gasteiger partial charge in [-0.2, -0.15) is 0 Å². The predicted molar refractivity (Wildman–Crippen MR) is 101 cm³/mol. The van der Waals surface area contributed by atoms with Gasteiger partial charge in [0, 0.05) is 24.3 Å². The molecular formula is C19H21N3O4S. The predicted octanol–water partition coefficient (Wildman–Crippen LogP) is 2.32. The van der Waals surface area contributed by atoms with Crippen LogP contribution in [0.25, 0.3) is 0 Å². The summed E-state index contributed by atoms with van der Waals surface area (Å²) in [5, 5.41) is 14.4. The molecule has 2 heterocycles. The number of carbonyl (C=O) groups excluding carboxylic acids is 2. The highest BCUT2D eigenvalue weighted by molar-refractivity contribution is 7.13. The van der Waals surface area contributed by atoms with Gasteiger partial charge in [0.2, 0.25) is 11.8 Å². The van der Waals surface area contributed by atoms with E-state index < -0.39 is 12.0 Å². The highest BCUT2D eigenvalue weighted by atomic mass is 32.1. The molecule has 0 bridgehead atoms. The van der Waals surface area contributed by atoms with E-state index >= 15 is 0 Å². The Bertz CT molecular complexity index is 877. The maximum Gasteiger partial charge on any atom is 0.326 e. The summed E-state index contributed by atoms with van der Waals surface area (Å²) in [6, 6.07) is 6.68. The first-order chi connectivity index (χ1) is 12.8. The molecular weight excluding hydrogens is 366 g/mol. The van der Waals surface area contributed by atoms with Crippen molar-refractivity contribution in [3.8, 4) is 0 Å². The van der Waals surface area contributed by atoms with Gasteiger partial charge in [0.25, 0.3) is 0 Å². The van der Waals surface area contributed by atoms with Crippen LogP contribution in [-0.4, -0.2) is 38.8 Å². The number of anilines is 1. The third-order valence-electron chi connectivity index (χ3n) is 4.49. The molecule has 2 N–H and O–H groups in total. The standard InChI is InChI=1S/C19H21N3O4S/c1-11(2)17(24)21-19-20-14(10-27-19)8-16(23)22-9-13-6-4-3-5-12(13)7-15(22)18(25)26/h3-6,10-11,15H,7-9H2,1-2H3,(H,25,26)(H,20,21,24). The first-order valence-corrected chi connectivity index (χ1v) is 9.57. The molecule has 7 nitrogen and oxygen atoms in total. The topological polar surface area (TPSA) is 99.6 Å². The Hall–Kier alpha value is -2.74. The Morgan fingerprint density at radius 1 is 1.30 bits per heavy atom. The highest BCUT2D eigenvalue weighted by Gasteiger charge is 2.34. The van der Waals surface area contributed by atoms with E-state index in [1.807, 2.05) is 24.3 Å². The van der Waals surface area contributed by atoms with Gasteiger partial charge in [-0.25, -0.2) is 9.78 Å². The van der Waals surface area contributed by atoms with Gasteiger partial charge in [-0.15, -0.1) is 11.3 Å². The number of amides is 2. The van der Waals surface area contributed by atoms with Crippen molar-refractivity contribution in [2.24, 2.45) is 5.92 Å². The average Bonchev–Trinajstić information content (AvgIpc) is 3.07. The van der Waals surface area contributed by atoms with Gasteiger partial charge in [0.1, 0.15) is 6.04 Å². The molecule has 1 aliphatic rings. The van der Waals surface area contributed by atoms with Crippen LogP contribution >= 0.6 is 11.3 Å². The summed E-state index contributed by atoms with van der Waals surface area (Å²) in [6.07, 6.45) is 0.296. The van der Waals surface area contributed by atoms with Gasteiger partial charge < -0.3 is 15.3 Å². The molecule has 8 heteroatoms. The number of nitrogens with one attached hydrogen (secondary N) is 1. The molecule has 27 heavy (non-hydrogen) atoms. The number of aromatic nitrogens is 1. The molecule has 2 amide bonds. The van der Waals surface area contributed by atoms with Gasteiger partial charge >= 0.3 is 5.97 Å². The van der Waals surface area contributed by atoms with Crippen molar-refractivity contribution in [1.29, 1.82) is 0 Å². The second kappa shape index (κ2) is 7.87. The Balaban J connectivity index is 1.72. The lowest BCUT2D eigenvalue weighted by atomic mass is 9.93. The second-order valence-corrected chi connectivity index (χ2v) is 7.67. The number of aliphatic carboxylic acids is 1. The second-order valence-electron chi connectivity index (χ2n) is 6.81. The Morgan fingerprint density at radius 3 is 2.67 bits per heavy atom. The molecule has 0 radical (unpaired) electrons. The van der Waals surface area contributed by atoms with E-state index in [1.165, 1.54) is 16.2 Å². The summed E-state index contributed by atoms with van der Waals surface area (Å²) in [5.41, 5.74) is 2.44. The van der Waals surface area contributed by atoms with Crippen molar-refractivity contribution in [3.63, 3.8) is 0 Å². The van der Waals surface area contributed by atoms with Crippen LogP contribution in [0.1, 0.15) is 30.7 Å². The Labute approximate surface area is 161 Å². The summed E-state index contributed by atoms with van der Waals surface area (Å²) in [6.45, 7) is 3.84. The van der Waals surface area contributed by atoms with E-state index in [0.29, 0.717) is 17.2 Å². The number of carbonyl (C=O) groups is 3. The molecule has 1 unspecified atom stereocenters. The van der Waals surface area contributed by atoms with Crippen molar-refractivity contribution in [2.75, 3.05) is 5.32 Å². The molecule has 1 aliphatic heterocycles. The average molecular weight is 387 g/mol. The number of thiazole rings is 1. The zero-order valence-electron chi connectivity index (χ0n) is 15.1.